The molecule has 2 aromatic heterocycles. The second-order valence-electron chi connectivity index (χ2n) is 7.26. The Morgan fingerprint density at radius 2 is 1.81 bits per heavy atom. The van der Waals surface area contributed by atoms with Crippen LogP contribution in [0.15, 0.2) is 35.7 Å². The van der Waals surface area contributed by atoms with Gasteiger partial charge in [0.1, 0.15) is 28.9 Å². The molecule has 0 saturated carbocycles. The number of benzene rings is 2. The Hall–Kier alpha value is -3.46. The summed E-state index contributed by atoms with van der Waals surface area (Å²) in [5, 5.41) is 5.10. The van der Waals surface area contributed by atoms with Gasteiger partial charge in [0.05, 0.1) is 26.2 Å². The predicted molar refractivity (Wildman–Crippen MR) is 120 cm³/mol. The zero-order valence-corrected chi connectivity index (χ0v) is 18.8. The maximum Gasteiger partial charge on any atom is 0.311 e. The highest BCUT2D eigenvalue weighted by molar-refractivity contribution is 7.15. The van der Waals surface area contributed by atoms with Crippen LogP contribution in [-0.4, -0.2) is 29.6 Å². The van der Waals surface area contributed by atoms with Gasteiger partial charge in [0, 0.05) is 28.9 Å². The molecule has 6 nitrogen and oxygen atoms in total. The number of carbonyl (C=O) groups is 1. The number of esters is 1. The van der Waals surface area contributed by atoms with Gasteiger partial charge >= 0.3 is 5.97 Å². The van der Waals surface area contributed by atoms with E-state index in [0.29, 0.717) is 16.5 Å². The number of imidazole rings is 1. The van der Waals surface area contributed by atoms with Crippen molar-refractivity contribution in [2.24, 2.45) is 0 Å². The summed E-state index contributed by atoms with van der Waals surface area (Å²) in [6.07, 6.45) is -0.0126. The molecule has 0 atom stereocenters. The van der Waals surface area contributed by atoms with Crippen LogP contribution < -0.4 is 10.1 Å². The molecule has 0 bridgehead atoms. The van der Waals surface area contributed by atoms with Gasteiger partial charge < -0.3 is 14.8 Å². The molecule has 1 N–H and O–H groups in total. The lowest BCUT2D eigenvalue weighted by atomic mass is 10.1. The Morgan fingerprint density at radius 1 is 1.16 bits per heavy atom. The van der Waals surface area contributed by atoms with Crippen LogP contribution in [0.5, 0.6) is 5.75 Å². The Labute approximate surface area is 187 Å². The minimum atomic E-state index is -0.799. The molecule has 4 aromatic rings. The Morgan fingerprint density at radius 3 is 2.41 bits per heavy atom. The zero-order chi connectivity index (χ0) is 23.0. The third-order valence-corrected chi connectivity index (χ3v) is 6.07. The van der Waals surface area contributed by atoms with Crippen LogP contribution in [0.4, 0.5) is 20.3 Å². The number of fused-ring (bicyclic) bond motifs is 1. The first-order valence-corrected chi connectivity index (χ1v) is 10.6. The molecule has 0 spiro atoms. The standard InChI is InChI=1S/C23H21F2N3O3S/c1-12-6-5-7-13(2)20(12)26-22-21(19-16(24)9-15(30-3)10-17(19)25)27-23-28(22)14(11-32-23)8-18(29)31-4/h5-7,9-11,26H,8H2,1-4H3. The van der Waals surface area contributed by atoms with E-state index in [0.717, 1.165) is 28.9 Å². The van der Waals surface area contributed by atoms with E-state index in [9.17, 15) is 13.6 Å². The smallest absolute Gasteiger partial charge is 0.311 e. The van der Waals surface area contributed by atoms with Crippen molar-refractivity contribution in [3.8, 4) is 17.0 Å². The number of thiazole rings is 1. The molecule has 0 aliphatic heterocycles. The number of methoxy groups -OCH3 is 2. The van der Waals surface area contributed by atoms with Gasteiger partial charge in [0.2, 0.25) is 0 Å². The summed E-state index contributed by atoms with van der Waals surface area (Å²) in [6.45, 7) is 3.87. The van der Waals surface area contributed by atoms with Crippen molar-refractivity contribution in [3.05, 3.63) is 64.2 Å². The van der Waals surface area contributed by atoms with Crippen LogP contribution >= 0.6 is 11.3 Å². The van der Waals surface area contributed by atoms with Gasteiger partial charge in [-0.1, -0.05) is 18.2 Å². The summed E-state index contributed by atoms with van der Waals surface area (Å²) in [7, 11) is 2.65. The number of nitrogens with one attached hydrogen (secondary N) is 1. The van der Waals surface area contributed by atoms with Crippen LogP contribution in [0.3, 0.4) is 0 Å². The van der Waals surface area contributed by atoms with E-state index in [2.05, 4.69) is 10.3 Å². The van der Waals surface area contributed by atoms with Crippen LogP contribution in [-0.2, 0) is 16.0 Å². The van der Waals surface area contributed by atoms with Crippen LogP contribution in [0.2, 0.25) is 0 Å². The number of rotatable bonds is 6. The van der Waals surface area contributed by atoms with E-state index in [4.69, 9.17) is 9.47 Å². The molecule has 0 unspecified atom stereocenters. The molecular formula is C23H21F2N3O3S. The Bertz CT molecular complexity index is 1290. The van der Waals surface area contributed by atoms with E-state index in [-0.39, 0.29) is 23.4 Å². The van der Waals surface area contributed by atoms with E-state index in [1.54, 1.807) is 9.78 Å². The normalized spacial score (nSPS) is 11.1. The molecule has 0 amide bonds. The second-order valence-corrected chi connectivity index (χ2v) is 8.10. The van der Waals surface area contributed by atoms with Gasteiger partial charge in [-0.3, -0.25) is 9.20 Å². The summed E-state index contributed by atoms with van der Waals surface area (Å²) < 4.78 is 41.5. The van der Waals surface area contributed by atoms with Gasteiger partial charge in [-0.25, -0.2) is 13.8 Å². The minimum absolute atomic E-state index is 0.0126. The highest BCUT2D eigenvalue weighted by Crippen LogP contribution is 2.39. The number of nitrogens with zero attached hydrogens (tertiary/aromatic N) is 2. The number of carbonyl (C=O) groups excluding carboxylic acids is 1. The molecule has 0 fully saturated rings. The summed E-state index contributed by atoms with van der Waals surface area (Å²) >= 11 is 1.27. The van der Waals surface area contributed by atoms with Gasteiger partial charge in [0.15, 0.2) is 4.96 Å². The Balaban J connectivity index is 1.98. The third-order valence-electron chi connectivity index (χ3n) is 5.20. The largest absolute Gasteiger partial charge is 0.497 e. The Kier molecular flexibility index (Phi) is 5.84. The first kappa shape index (κ1) is 21.8. The van der Waals surface area contributed by atoms with Crippen LogP contribution in [0.25, 0.3) is 16.2 Å². The number of hydrogen-bond donors (Lipinski definition) is 1. The number of para-hydroxylation sites is 1. The number of hydrogen-bond acceptors (Lipinski definition) is 6. The summed E-state index contributed by atoms with van der Waals surface area (Å²) in [5.74, 6) is -1.60. The number of ether oxygens (including phenoxy) is 2. The lowest BCUT2D eigenvalue weighted by Gasteiger charge is -2.15. The first-order chi connectivity index (χ1) is 15.3. The van der Waals surface area contributed by atoms with Crippen molar-refractivity contribution < 1.29 is 23.0 Å². The summed E-state index contributed by atoms with van der Waals surface area (Å²) in [5.41, 5.74) is 3.11. The second kappa shape index (κ2) is 8.58. The molecule has 0 aliphatic carbocycles. The fourth-order valence-corrected chi connectivity index (χ4v) is 4.46. The predicted octanol–water partition coefficient (Wildman–Crippen LogP) is 5.43. The van der Waals surface area contributed by atoms with E-state index < -0.39 is 17.6 Å². The highest BCUT2D eigenvalue weighted by atomic mass is 32.1. The number of anilines is 2. The number of halogens is 2. The fourth-order valence-electron chi connectivity index (χ4n) is 3.57. The number of aryl methyl sites for hydroxylation is 2. The fraction of sp³-hybridized carbons (Fsp3) is 0.217. The van der Waals surface area contributed by atoms with E-state index in [1.165, 1.54) is 25.6 Å². The van der Waals surface area contributed by atoms with E-state index >= 15 is 0 Å². The van der Waals surface area contributed by atoms with Crippen molar-refractivity contribution in [1.29, 1.82) is 0 Å². The van der Waals surface area contributed by atoms with Gasteiger partial charge in [0.25, 0.3) is 0 Å². The topological polar surface area (TPSA) is 64.9 Å². The maximum atomic E-state index is 15.0. The molecular weight excluding hydrogens is 436 g/mol. The SMILES string of the molecule is COC(=O)Cc1csc2nc(-c3c(F)cc(OC)cc3F)c(Nc3c(C)cccc3C)n12. The lowest BCUT2D eigenvalue weighted by molar-refractivity contribution is -0.139. The van der Waals surface area contributed by atoms with Crippen molar-refractivity contribution >= 4 is 33.8 Å². The van der Waals surface area contributed by atoms with E-state index in [1.807, 2.05) is 32.0 Å². The average Bonchev–Trinajstić information content (AvgIpc) is 3.30. The summed E-state index contributed by atoms with van der Waals surface area (Å²) in [6, 6.07) is 8.03. The first-order valence-electron chi connectivity index (χ1n) is 9.76. The van der Waals surface area contributed by atoms with Crippen molar-refractivity contribution in [2.75, 3.05) is 19.5 Å². The maximum absolute atomic E-state index is 15.0. The van der Waals surface area contributed by atoms with Crippen LogP contribution in [0.1, 0.15) is 16.8 Å². The molecule has 0 radical (unpaired) electrons. The molecule has 32 heavy (non-hydrogen) atoms. The van der Waals surface area contributed by atoms with Gasteiger partial charge in [-0.15, -0.1) is 11.3 Å². The monoisotopic (exact) mass is 457 g/mol. The molecule has 9 heteroatoms. The van der Waals surface area contributed by atoms with Gasteiger partial charge in [-0.2, -0.15) is 0 Å². The quantitative estimate of drug-likeness (QED) is 0.392. The number of aromatic nitrogens is 2. The minimum Gasteiger partial charge on any atom is -0.497 e. The molecule has 0 saturated heterocycles. The highest BCUT2D eigenvalue weighted by Gasteiger charge is 2.25. The molecule has 0 aliphatic rings. The average molecular weight is 458 g/mol. The lowest BCUT2D eigenvalue weighted by Crippen LogP contribution is -2.08. The molecule has 4 rings (SSSR count). The third kappa shape index (κ3) is 3.80. The molecule has 2 heterocycles. The van der Waals surface area contributed by atoms with Crippen molar-refractivity contribution in [1.82, 2.24) is 9.38 Å². The molecule has 166 valence electrons. The van der Waals surface area contributed by atoms with Crippen molar-refractivity contribution in [2.45, 2.75) is 20.3 Å². The molecule has 2 aromatic carbocycles. The van der Waals surface area contributed by atoms with Crippen molar-refractivity contribution in [3.63, 3.8) is 0 Å². The summed E-state index contributed by atoms with van der Waals surface area (Å²) in [4.78, 5) is 17.0. The van der Waals surface area contributed by atoms with Crippen LogP contribution in [0, 0.1) is 25.5 Å². The zero-order valence-electron chi connectivity index (χ0n) is 18.0. The van der Waals surface area contributed by atoms with Gasteiger partial charge in [-0.05, 0) is 25.0 Å².